The molecule has 0 unspecified atom stereocenters. The minimum Gasteiger partial charge on any atom is -0.338 e. The van der Waals surface area contributed by atoms with Crippen LogP contribution in [0.5, 0.6) is 0 Å². The van der Waals surface area contributed by atoms with Crippen molar-refractivity contribution < 1.29 is 4.79 Å². The number of benzene rings is 1. The molecule has 2 fully saturated rings. The molecule has 2 heterocycles. The summed E-state index contributed by atoms with van der Waals surface area (Å²) in [4.78, 5) is 40.6. The van der Waals surface area contributed by atoms with Crippen LogP contribution in [0.2, 0.25) is 0 Å². The van der Waals surface area contributed by atoms with Crippen molar-refractivity contribution in [3.8, 4) is 0 Å². The Morgan fingerprint density at radius 3 is 2.59 bits per heavy atom. The van der Waals surface area contributed by atoms with Crippen molar-refractivity contribution in [2.24, 2.45) is 5.92 Å². The molecule has 4 rings (SSSR count). The van der Waals surface area contributed by atoms with E-state index in [1.54, 1.807) is 31.2 Å². The minimum absolute atomic E-state index is 0.000144. The Kier molecular flexibility index (Phi) is 4.89. The van der Waals surface area contributed by atoms with E-state index in [2.05, 4.69) is 0 Å². The van der Waals surface area contributed by atoms with E-state index in [9.17, 15) is 14.4 Å². The molecule has 0 spiro atoms. The Labute approximate surface area is 158 Å². The van der Waals surface area contributed by atoms with Crippen molar-refractivity contribution in [2.45, 2.75) is 64.6 Å². The quantitative estimate of drug-likeness (QED) is 0.834. The number of aromatic nitrogens is 2. The van der Waals surface area contributed by atoms with Crippen molar-refractivity contribution >= 4 is 16.8 Å². The van der Waals surface area contributed by atoms with Crippen LogP contribution in [0.4, 0.5) is 0 Å². The Bertz CT molecular complexity index is 973. The minimum atomic E-state index is -0.397. The highest BCUT2D eigenvalue weighted by Crippen LogP contribution is 2.35. The van der Waals surface area contributed by atoms with Gasteiger partial charge >= 0.3 is 5.69 Å². The standard InChI is InChI=1S/C21H27N3O3/c1-2-22-20(26)16-10-4-6-12-18(16)24(21(22)27)14-19(25)23-13-7-9-15-8-3-5-11-17(15)23/h4,6,10,12,15,17H,2-3,5,7-9,11,13-14H2,1H3/t15-,17+/m0/s1. The molecule has 1 saturated carbocycles. The second-order valence-corrected chi connectivity index (χ2v) is 7.78. The second kappa shape index (κ2) is 7.33. The normalized spacial score (nSPS) is 22.6. The summed E-state index contributed by atoms with van der Waals surface area (Å²) in [7, 11) is 0. The number of likely N-dealkylation sites (tertiary alicyclic amines) is 1. The maximum Gasteiger partial charge on any atom is 0.331 e. The smallest absolute Gasteiger partial charge is 0.331 e. The number of carbonyl (C=O) groups excluding carboxylic acids is 1. The number of rotatable bonds is 3. The van der Waals surface area contributed by atoms with E-state index in [1.165, 1.54) is 34.8 Å². The van der Waals surface area contributed by atoms with Crippen LogP contribution >= 0.6 is 0 Å². The van der Waals surface area contributed by atoms with Crippen LogP contribution in [0.3, 0.4) is 0 Å². The molecule has 144 valence electrons. The predicted octanol–water partition coefficient (Wildman–Crippen LogP) is 2.36. The van der Waals surface area contributed by atoms with Gasteiger partial charge in [-0.05, 0) is 50.7 Å². The van der Waals surface area contributed by atoms with Gasteiger partial charge in [0.05, 0.1) is 10.9 Å². The van der Waals surface area contributed by atoms with E-state index < -0.39 is 5.69 Å². The van der Waals surface area contributed by atoms with Crippen LogP contribution in [0, 0.1) is 5.92 Å². The highest BCUT2D eigenvalue weighted by Gasteiger charge is 2.35. The zero-order valence-electron chi connectivity index (χ0n) is 15.9. The fourth-order valence-electron chi connectivity index (χ4n) is 4.96. The summed E-state index contributed by atoms with van der Waals surface area (Å²) in [5, 5.41) is 0.487. The molecule has 1 aromatic carbocycles. The fourth-order valence-corrected chi connectivity index (χ4v) is 4.96. The number of para-hydroxylation sites is 1. The molecule has 2 aliphatic rings. The second-order valence-electron chi connectivity index (χ2n) is 7.78. The molecule has 1 aromatic heterocycles. The van der Waals surface area contributed by atoms with Crippen LogP contribution in [-0.4, -0.2) is 32.5 Å². The first-order valence-corrected chi connectivity index (χ1v) is 10.1. The summed E-state index contributed by atoms with van der Waals surface area (Å²) < 4.78 is 2.70. The number of hydrogen-bond acceptors (Lipinski definition) is 3. The summed E-state index contributed by atoms with van der Waals surface area (Å²) in [6, 6.07) is 7.39. The summed E-state index contributed by atoms with van der Waals surface area (Å²) in [6.07, 6.45) is 6.96. The van der Waals surface area contributed by atoms with Crippen LogP contribution in [0.25, 0.3) is 10.9 Å². The zero-order chi connectivity index (χ0) is 19.0. The number of fused-ring (bicyclic) bond motifs is 2. The lowest BCUT2D eigenvalue weighted by Gasteiger charge is -2.44. The first-order chi connectivity index (χ1) is 13.1. The van der Waals surface area contributed by atoms with Crippen molar-refractivity contribution in [3.05, 3.63) is 45.1 Å². The molecule has 2 aromatic rings. The Balaban J connectivity index is 1.72. The predicted molar refractivity (Wildman–Crippen MR) is 105 cm³/mol. The number of piperidine rings is 1. The highest BCUT2D eigenvalue weighted by atomic mass is 16.2. The zero-order valence-corrected chi connectivity index (χ0v) is 15.9. The number of hydrogen-bond donors (Lipinski definition) is 0. The number of nitrogens with zero attached hydrogens (tertiary/aromatic N) is 3. The molecule has 0 bridgehead atoms. The van der Waals surface area contributed by atoms with Crippen LogP contribution in [-0.2, 0) is 17.9 Å². The van der Waals surface area contributed by atoms with Gasteiger partial charge in [0.15, 0.2) is 0 Å². The molecule has 1 amide bonds. The lowest BCUT2D eigenvalue weighted by atomic mass is 9.78. The summed E-state index contributed by atoms with van der Waals surface area (Å²) >= 11 is 0. The molecule has 27 heavy (non-hydrogen) atoms. The molecule has 1 aliphatic heterocycles. The summed E-state index contributed by atoms with van der Waals surface area (Å²) in [5.74, 6) is 0.606. The van der Waals surface area contributed by atoms with E-state index >= 15 is 0 Å². The van der Waals surface area contributed by atoms with Gasteiger partial charge < -0.3 is 4.90 Å². The lowest BCUT2D eigenvalue weighted by Crippen LogP contribution is -2.51. The average molecular weight is 369 g/mol. The first kappa shape index (κ1) is 18.0. The molecular weight excluding hydrogens is 342 g/mol. The SMILES string of the molecule is CCn1c(=O)c2ccccc2n(CC(=O)N2CCC[C@@H]3CCCC[C@H]32)c1=O. The molecule has 0 N–H and O–H groups in total. The Hall–Kier alpha value is -2.37. The van der Waals surface area contributed by atoms with Crippen LogP contribution in [0.15, 0.2) is 33.9 Å². The largest absolute Gasteiger partial charge is 0.338 e. The summed E-state index contributed by atoms with van der Waals surface area (Å²) in [6.45, 7) is 2.86. The Morgan fingerprint density at radius 1 is 1.04 bits per heavy atom. The average Bonchev–Trinajstić information content (AvgIpc) is 2.71. The van der Waals surface area contributed by atoms with Crippen LogP contribution in [0.1, 0.15) is 45.4 Å². The van der Waals surface area contributed by atoms with Gasteiger partial charge in [0.25, 0.3) is 5.56 Å². The summed E-state index contributed by atoms with van der Waals surface area (Å²) in [5.41, 5.74) is -0.137. The lowest BCUT2D eigenvalue weighted by molar-refractivity contribution is -0.138. The monoisotopic (exact) mass is 369 g/mol. The maximum atomic E-state index is 13.2. The molecule has 0 radical (unpaired) electrons. The molecule has 6 heteroatoms. The van der Waals surface area contributed by atoms with Gasteiger partial charge in [-0.2, -0.15) is 0 Å². The van der Waals surface area contributed by atoms with E-state index in [1.807, 2.05) is 4.90 Å². The number of carbonyl (C=O) groups is 1. The van der Waals surface area contributed by atoms with Crippen molar-refractivity contribution in [1.82, 2.24) is 14.0 Å². The first-order valence-electron chi connectivity index (χ1n) is 10.1. The van der Waals surface area contributed by atoms with Gasteiger partial charge in [-0.3, -0.25) is 18.7 Å². The van der Waals surface area contributed by atoms with Gasteiger partial charge in [-0.15, -0.1) is 0 Å². The molecular formula is C21H27N3O3. The fraction of sp³-hybridized carbons (Fsp3) is 0.571. The Morgan fingerprint density at radius 2 is 1.78 bits per heavy atom. The van der Waals surface area contributed by atoms with Crippen LogP contribution < -0.4 is 11.2 Å². The molecule has 1 aliphatic carbocycles. The van der Waals surface area contributed by atoms with E-state index in [0.717, 1.165) is 19.4 Å². The van der Waals surface area contributed by atoms with Gasteiger partial charge in [-0.25, -0.2) is 4.79 Å². The third kappa shape index (κ3) is 3.11. The third-order valence-corrected chi connectivity index (χ3v) is 6.31. The topological polar surface area (TPSA) is 64.3 Å². The highest BCUT2D eigenvalue weighted by molar-refractivity contribution is 5.82. The molecule has 1 saturated heterocycles. The van der Waals surface area contributed by atoms with Crippen molar-refractivity contribution in [3.63, 3.8) is 0 Å². The van der Waals surface area contributed by atoms with Gasteiger partial charge in [0.2, 0.25) is 5.91 Å². The van der Waals surface area contributed by atoms with E-state index in [-0.39, 0.29) is 18.0 Å². The molecule has 2 atom stereocenters. The van der Waals surface area contributed by atoms with Crippen molar-refractivity contribution in [2.75, 3.05) is 6.54 Å². The maximum absolute atomic E-state index is 13.2. The van der Waals surface area contributed by atoms with E-state index in [0.29, 0.717) is 29.4 Å². The molecule has 6 nitrogen and oxygen atoms in total. The van der Waals surface area contributed by atoms with E-state index in [4.69, 9.17) is 0 Å². The van der Waals surface area contributed by atoms with Gasteiger partial charge in [-0.1, -0.05) is 25.0 Å². The number of amides is 1. The van der Waals surface area contributed by atoms with Gasteiger partial charge in [0, 0.05) is 19.1 Å². The van der Waals surface area contributed by atoms with Gasteiger partial charge in [0.1, 0.15) is 6.54 Å². The van der Waals surface area contributed by atoms with Crippen molar-refractivity contribution in [1.29, 1.82) is 0 Å². The third-order valence-electron chi connectivity index (χ3n) is 6.31.